The number of aliphatic hydroxyl groups is 1. The molecule has 68 valence electrons. The standard InChI is InChI=1S/C9H7BrO3/c10-7-3-4-12-9(7)8-2-1-6(5-11)13-8/h1-4,11H,5H2. The number of furan rings is 2. The van der Waals surface area contributed by atoms with E-state index in [9.17, 15) is 0 Å². The van der Waals surface area contributed by atoms with Gasteiger partial charge in [0, 0.05) is 0 Å². The van der Waals surface area contributed by atoms with Crippen molar-refractivity contribution in [3.63, 3.8) is 0 Å². The first-order chi connectivity index (χ1) is 6.31. The van der Waals surface area contributed by atoms with Crippen molar-refractivity contribution in [3.05, 3.63) is 34.7 Å². The van der Waals surface area contributed by atoms with E-state index >= 15 is 0 Å². The van der Waals surface area contributed by atoms with Gasteiger partial charge in [-0.15, -0.1) is 0 Å². The second-order valence-electron chi connectivity index (χ2n) is 2.52. The Morgan fingerprint density at radius 1 is 1.31 bits per heavy atom. The summed E-state index contributed by atoms with van der Waals surface area (Å²) in [6, 6.07) is 5.26. The Labute approximate surface area is 83.1 Å². The lowest BCUT2D eigenvalue weighted by molar-refractivity contribution is 0.248. The van der Waals surface area contributed by atoms with Gasteiger partial charge in [-0.2, -0.15) is 0 Å². The van der Waals surface area contributed by atoms with Crippen LogP contribution < -0.4 is 0 Å². The zero-order valence-corrected chi connectivity index (χ0v) is 8.24. The van der Waals surface area contributed by atoms with Crippen LogP contribution in [0.1, 0.15) is 5.76 Å². The molecule has 2 aromatic rings. The molecule has 13 heavy (non-hydrogen) atoms. The fourth-order valence-corrected chi connectivity index (χ4v) is 1.45. The molecule has 2 heterocycles. The van der Waals surface area contributed by atoms with Crippen molar-refractivity contribution in [1.82, 2.24) is 0 Å². The van der Waals surface area contributed by atoms with Gasteiger partial charge in [-0.1, -0.05) is 0 Å². The molecular formula is C9H7BrO3. The van der Waals surface area contributed by atoms with Gasteiger partial charge in [0.2, 0.25) is 0 Å². The highest BCUT2D eigenvalue weighted by atomic mass is 79.9. The van der Waals surface area contributed by atoms with E-state index in [0.29, 0.717) is 17.3 Å². The minimum absolute atomic E-state index is 0.0989. The Bertz CT molecular complexity index is 402. The molecule has 0 fully saturated rings. The second-order valence-corrected chi connectivity index (χ2v) is 3.38. The van der Waals surface area contributed by atoms with Gasteiger partial charge in [-0.25, -0.2) is 0 Å². The SMILES string of the molecule is OCc1ccc(-c2occc2Br)o1. The van der Waals surface area contributed by atoms with Gasteiger partial charge >= 0.3 is 0 Å². The largest absolute Gasteiger partial charge is 0.460 e. The van der Waals surface area contributed by atoms with Crippen molar-refractivity contribution in [2.45, 2.75) is 6.61 Å². The van der Waals surface area contributed by atoms with Gasteiger partial charge in [-0.3, -0.25) is 0 Å². The molecule has 0 aliphatic rings. The van der Waals surface area contributed by atoms with Crippen LogP contribution in [0.15, 0.2) is 37.8 Å². The molecule has 1 N–H and O–H groups in total. The zero-order valence-electron chi connectivity index (χ0n) is 6.66. The number of aliphatic hydroxyl groups excluding tert-OH is 1. The predicted molar refractivity (Wildman–Crippen MR) is 50.0 cm³/mol. The third-order valence-corrected chi connectivity index (χ3v) is 2.28. The molecule has 0 bridgehead atoms. The molecule has 0 spiro atoms. The van der Waals surface area contributed by atoms with E-state index in [-0.39, 0.29) is 6.61 Å². The zero-order chi connectivity index (χ0) is 9.26. The van der Waals surface area contributed by atoms with E-state index < -0.39 is 0 Å². The quantitative estimate of drug-likeness (QED) is 0.881. The highest BCUT2D eigenvalue weighted by Gasteiger charge is 2.10. The monoisotopic (exact) mass is 242 g/mol. The molecule has 2 aromatic heterocycles. The molecule has 0 atom stereocenters. The van der Waals surface area contributed by atoms with Gasteiger partial charge < -0.3 is 13.9 Å². The van der Waals surface area contributed by atoms with E-state index in [1.165, 1.54) is 0 Å². The summed E-state index contributed by atoms with van der Waals surface area (Å²) >= 11 is 3.32. The molecule has 4 heteroatoms. The maximum absolute atomic E-state index is 8.78. The number of halogens is 1. The highest BCUT2D eigenvalue weighted by Crippen LogP contribution is 2.30. The summed E-state index contributed by atoms with van der Waals surface area (Å²) in [5, 5.41) is 8.78. The molecule has 3 nitrogen and oxygen atoms in total. The third-order valence-electron chi connectivity index (χ3n) is 1.66. The maximum Gasteiger partial charge on any atom is 0.183 e. The van der Waals surface area contributed by atoms with Crippen molar-refractivity contribution < 1.29 is 13.9 Å². The average Bonchev–Trinajstić information content (AvgIpc) is 2.71. The summed E-state index contributed by atoms with van der Waals surface area (Å²) in [4.78, 5) is 0. The Morgan fingerprint density at radius 2 is 2.15 bits per heavy atom. The molecule has 2 rings (SSSR count). The van der Waals surface area contributed by atoms with Gasteiger partial charge in [0.1, 0.15) is 12.4 Å². The van der Waals surface area contributed by atoms with Crippen LogP contribution in [-0.4, -0.2) is 5.11 Å². The van der Waals surface area contributed by atoms with Gasteiger partial charge in [0.15, 0.2) is 11.5 Å². The van der Waals surface area contributed by atoms with Gasteiger partial charge in [0.05, 0.1) is 10.7 Å². The lowest BCUT2D eigenvalue weighted by Crippen LogP contribution is -1.74. The molecule has 0 saturated carbocycles. The normalized spacial score (nSPS) is 10.6. The fraction of sp³-hybridized carbons (Fsp3) is 0.111. The lowest BCUT2D eigenvalue weighted by atomic mass is 10.3. The third kappa shape index (κ3) is 1.55. The van der Waals surface area contributed by atoms with E-state index in [4.69, 9.17) is 13.9 Å². The summed E-state index contributed by atoms with van der Waals surface area (Å²) in [5.41, 5.74) is 0. The fourth-order valence-electron chi connectivity index (χ4n) is 1.05. The molecule has 0 amide bonds. The summed E-state index contributed by atoms with van der Waals surface area (Å²) in [6.07, 6.45) is 1.57. The minimum atomic E-state index is -0.0989. The number of hydrogen-bond acceptors (Lipinski definition) is 3. The van der Waals surface area contributed by atoms with Crippen molar-refractivity contribution in [3.8, 4) is 11.5 Å². The second kappa shape index (κ2) is 3.40. The lowest BCUT2D eigenvalue weighted by Gasteiger charge is -1.91. The molecule has 0 saturated heterocycles. The number of rotatable bonds is 2. The maximum atomic E-state index is 8.78. The van der Waals surface area contributed by atoms with Crippen molar-refractivity contribution in [1.29, 1.82) is 0 Å². The molecular weight excluding hydrogens is 236 g/mol. The first kappa shape index (κ1) is 8.59. The van der Waals surface area contributed by atoms with Crippen LogP contribution in [0.2, 0.25) is 0 Å². The van der Waals surface area contributed by atoms with Crippen LogP contribution in [-0.2, 0) is 6.61 Å². The van der Waals surface area contributed by atoms with E-state index in [1.807, 2.05) is 0 Å². The molecule has 0 aliphatic heterocycles. The Kier molecular flexibility index (Phi) is 2.24. The van der Waals surface area contributed by atoms with Crippen molar-refractivity contribution in [2.75, 3.05) is 0 Å². The van der Waals surface area contributed by atoms with Crippen LogP contribution in [0.5, 0.6) is 0 Å². The summed E-state index contributed by atoms with van der Waals surface area (Å²) in [6.45, 7) is -0.0989. The van der Waals surface area contributed by atoms with Crippen LogP contribution in [0.3, 0.4) is 0 Å². The highest BCUT2D eigenvalue weighted by molar-refractivity contribution is 9.10. The molecule has 0 unspecified atom stereocenters. The summed E-state index contributed by atoms with van der Waals surface area (Å²) < 4.78 is 11.3. The molecule has 0 aromatic carbocycles. The summed E-state index contributed by atoms with van der Waals surface area (Å²) in [7, 11) is 0. The van der Waals surface area contributed by atoms with Crippen molar-refractivity contribution >= 4 is 15.9 Å². The topological polar surface area (TPSA) is 46.5 Å². The van der Waals surface area contributed by atoms with Crippen LogP contribution in [0.4, 0.5) is 0 Å². The Hall–Kier alpha value is -1.000. The first-order valence-electron chi connectivity index (χ1n) is 3.74. The molecule has 0 aliphatic carbocycles. The van der Waals surface area contributed by atoms with Crippen LogP contribution in [0.25, 0.3) is 11.5 Å². The van der Waals surface area contributed by atoms with Gasteiger partial charge in [0.25, 0.3) is 0 Å². The van der Waals surface area contributed by atoms with E-state index in [1.54, 1.807) is 24.5 Å². The smallest absolute Gasteiger partial charge is 0.183 e. The van der Waals surface area contributed by atoms with Gasteiger partial charge in [-0.05, 0) is 34.1 Å². The summed E-state index contributed by atoms with van der Waals surface area (Å²) in [5.74, 6) is 1.78. The van der Waals surface area contributed by atoms with Crippen LogP contribution in [0, 0.1) is 0 Å². The van der Waals surface area contributed by atoms with Crippen LogP contribution >= 0.6 is 15.9 Å². The average molecular weight is 243 g/mol. The van der Waals surface area contributed by atoms with E-state index in [2.05, 4.69) is 15.9 Å². The van der Waals surface area contributed by atoms with Crippen molar-refractivity contribution in [2.24, 2.45) is 0 Å². The minimum Gasteiger partial charge on any atom is -0.460 e. The first-order valence-corrected chi connectivity index (χ1v) is 4.53. The predicted octanol–water partition coefficient (Wildman–Crippen LogP) is 2.79. The van der Waals surface area contributed by atoms with E-state index in [0.717, 1.165) is 4.47 Å². The Balaban J connectivity index is 2.41. The number of hydrogen-bond donors (Lipinski definition) is 1. The molecule has 0 radical (unpaired) electrons. The Morgan fingerprint density at radius 3 is 2.69 bits per heavy atom.